The molecule has 0 atom stereocenters. The van der Waals surface area contributed by atoms with E-state index in [2.05, 4.69) is 143 Å². The third-order valence-corrected chi connectivity index (χ3v) is 7.42. The molecule has 44 heavy (non-hydrogen) atoms. The molecule has 4 heteroatoms. The van der Waals surface area contributed by atoms with Crippen molar-refractivity contribution in [3.63, 3.8) is 0 Å². The Kier molecular flexibility index (Phi) is 8.70. The molecule has 6 aromatic rings. The lowest BCUT2D eigenvalue weighted by molar-refractivity contribution is 0.415. The highest BCUT2D eigenvalue weighted by Crippen LogP contribution is 2.37. The highest BCUT2D eigenvalue weighted by atomic mass is 16.5. The van der Waals surface area contributed by atoms with Crippen LogP contribution in [0.25, 0.3) is 12.2 Å². The van der Waals surface area contributed by atoms with E-state index in [1.165, 1.54) is 0 Å². The van der Waals surface area contributed by atoms with Gasteiger partial charge >= 0.3 is 0 Å². The Morgan fingerprint density at radius 1 is 0.364 bits per heavy atom. The average Bonchev–Trinajstić information content (AvgIpc) is 3.10. The van der Waals surface area contributed by atoms with Crippen LogP contribution < -0.4 is 19.3 Å². The van der Waals surface area contributed by atoms with Gasteiger partial charge in [0.2, 0.25) is 0 Å². The second kappa shape index (κ2) is 13.5. The fourth-order valence-electron chi connectivity index (χ4n) is 5.21. The summed E-state index contributed by atoms with van der Waals surface area (Å²) in [7, 11) is 3.39. The van der Waals surface area contributed by atoms with E-state index in [-0.39, 0.29) is 0 Å². The quantitative estimate of drug-likeness (QED) is 0.152. The van der Waals surface area contributed by atoms with Crippen LogP contribution in [0.1, 0.15) is 11.1 Å². The summed E-state index contributed by atoms with van der Waals surface area (Å²) in [5.74, 6) is 1.65. The molecule has 0 aromatic heterocycles. The van der Waals surface area contributed by atoms with E-state index < -0.39 is 0 Å². The molecule has 6 rings (SSSR count). The predicted molar refractivity (Wildman–Crippen MR) is 184 cm³/mol. The lowest BCUT2D eigenvalue weighted by Gasteiger charge is -2.26. The molecule has 0 heterocycles. The first kappa shape index (κ1) is 28.4. The average molecular weight is 575 g/mol. The van der Waals surface area contributed by atoms with E-state index in [0.717, 1.165) is 56.8 Å². The van der Waals surface area contributed by atoms with Gasteiger partial charge in [0.15, 0.2) is 0 Å². The molecular formula is C40H34N2O2. The van der Waals surface area contributed by atoms with E-state index in [1.54, 1.807) is 14.2 Å². The molecule has 0 saturated heterocycles. The summed E-state index contributed by atoms with van der Waals surface area (Å²) in [4.78, 5) is 4.46. The summed E-state index contributed by atoms with van der Waals surface area (Å²) in [5.41, 5.74) is 8.65. The highest BCUT2D eigenvalue weighted by molar-refractivity contribution is 5.80. The Balaban J connectivity index is 1.24. The monoisotopic (exact) mass is 574 g/mol. The van der Waals surface area contributed by atoms with Crippen molar-refractivity contribution in [1.82, 2.24) is 0 Å². The van der Waals surface area contributed by atoms with E-state index >= 15 is 0 Å². The maximum absolute atomic E-state index is 5.50. The van der Waals surface area contributed by atoms with Crippen LogP contribution in [0.4, 0.5) is 34.1 Å². The zero-order chi connectivity index (χ0) is 30.1. The minimum atomic E-state index is 0.824. The van der Waals surface area contributed by atoms with Crippen molar-refractivity contribution in [2.45, 2.75) is 0 Å². The van der Waals surface area contributed by atoms with Gasteiger partial charge in [-0.25, -0.2) is 0 Å². The number of hydrogen-bond donors (Lipinski definition) is 0. The van der Waals surface area contributed by atoms with Gasteiger partial charge in [-0.1, -0.05) is 84.9 Å². The number of nitrogens with zero attached hydrogens (tertiary/aromatic N) is 2. The van der Waals surface area contributed by atoms with Crippen molar-refractivity contribution in [3.8, 4) is 11.5 Å². The summed E-state index contributed by atoms with van der Waals surface area (Å²) >= 11 is 0. The first-order chi connectivity index (χ1) is 21.7. The van der Waals surface area contributed by atoms with Crippen LogP contribution >= 0.6 is 0 Å². The number of methoxy groups -OCH3 is 2. The molecule has 0 bridgehead atoms. The molecule has 0 aliphatic rings. The topological polar surface area (TPSA) is 24.9 Å². The third kappa shape index (κ3) is 6.50. The van der Waals surface area contributed by atoms with Crippen molar-refractivity contribution in [2.24, 2.45) is 0 Å². The van der Waals surface area contributed by atoms with Crippen molar-refractivity contribution in [1.29, 1.82) is 0 Å². The molecule has 0 unspecified atom stereocenters. The van der Waals surface area contributed by atoms with E-state index in [9.17, 15) is 0 Å². The molecule has 0 N–H and O–H groups in total. The van der Waals surface area contributed by atoms with Gasteiger partial charge < -0.3 is 19.3 Å². The molecule has 216 valence electrons. The normalized spacial score (nSPS) is 10.9. The smallest absolute Gasteiger partial charge is 0.120 e. The zero-order valence-corrected chi connectivity index (χ0v) is 24.9. The summed E-state index contributed by atoms with van der Waals surface area (Å²) in [6.07, 6.45) is 4.29. The van der Waals surface area contributed by atoms with Crippen LogP contribution in [0.2, 0.25) is 0 Å². The van der Waals surface area contributed by atoms with Gasteiger partial charge in [-0.3, -0.25) is 0 Å². The third-order valence-electron chi connectivity index (χ3n) is 7.42. The fourth-order valence-corrected chi connectivity index (χ4v) is 5.21. The van der Waals surface area contributed by atoms with Gasteiger partial charge in [-0.15, -0.1) is 0 Å². The molecule has 0 aliphatic carbocycles. The molecular weight excluding hydrogens is 540 g/mol. The number of ether oxygens (including phenoxy) is 2. The number of hydrogen-bond acceptors (Lipinski definition) is 4. The Morgan fingerprint density at radius 2 is 0.705 bits per heavy atom. The molecule has 6 aromatic carbocycles. The van der Waals surface area contributed by atoms with E-state index in [1.807, 2.05) is 36.4 Å². The Bertz CT molecular complexity index is 1680. The number of anilines is 6. The van der Waals surface area contributed by atoms with Crippen LogP contribution in [0.5, 0.6) is 11.5 Å². The Morgan fingerprint density at radius 3 is 1.07 bits per heavy atom. The van der Waals surface area contributed by atoms with Gasteiger partial charge in [-0.2, -0.15) is 0 Å². The fraction of sp³-hybridized carbons (Fsp3) is 0.0500. The largest absolute Gasteiger partial charge is 0.497 e. The molecule has 0 amide bonds. The van der Waals surface area contributed by atoms with Crippen molar-refractivity contribution >= 4 is 46.3 Å². The molecule has 0 aliphatic heterocycles. The number of benzene rings is 6. The standard InChI is InChI=1S/C40H34N2O2/c1-43-39-17-9-15-37(29-39)41(33-11-5-3-6-12-33)35-25-21-31(22-26-35)19-20-32-23-27-36(28-24-32)42(34-13-7-4-8-14-34)38-16-10-18-40(30-38)44-2/h3-30H,1-2H3. The Labute approximate surface area is 259 Å². The number of rotatable bonds is 10. The van der Waals surface area contributed by atoms with Gasteiger partial charge in [0.25, 0.3) is 0 Å². The van der Waals surface area contributed by atoms with Gasteiger partial charge in [-0.05, 0) is 83.9 Å². The van der Waals surface area contributed by atoms with Gasteiger partial charge in [0, 0.05) is 46.3 Å². The maximum atomic E-state index is 5.50. The molecule has 0 fully saturated rings. The first-order valence-corrected chi connectivity index (χ1v) is 14.6. The predicted octanol–water partition coefficient (Wildman–Crippen LogP) is 10.8. The van der Waals surface area contributed by atoms with Crippen LogP contribution in [0.3, 0.4) is 0 Å². The number of para-hydroxylation sites is 2. The zero-order valence-electron chi connectivity index (χ0n) is 24.9. The van der Waals surface area contributed by atoms with Crippen molar-refractivity contribution in [2.75, 3.05) is 24.0 Å². The maximum Gasteiger partial charge on any atom is 0.120 e. The van der Waals surface area contributed by atoms with Crippen LogP contribution in [-0.2, 0) is 0 Å². The molecule has 0 radical (unpaired) electrons. The summed E-state index contributed by atoms with van der Waals surface area (Å²) < 4.78 is 11.0. The van der Waals surface area contributed by atoms with Crippen molar-refractivity contribution < 1.29 is 9.47 Å². The molecule has 0 saturated carbocycles. The molecule has 4 nitrogen and oxygen atoms in total. The van der Waals surface area contributed by atoms with Gasteiger partial charge in [0.05, 0.1) is 14.2 Å². The van der Waals surface area contributed by atoms with Crippen LogP contribution in [0.15, 0.2) is 158 Å². The van der Waals surface area contributed by atoms with Gasteiger partial charge in [0.1, 0.15) is 11.5 Å². The minimum absolute atomic E-state index is 0.824. The Hall–Kier alpha value is -5.74. The van der Waals surface area contributed by atoms with Crippen molar-refractivity contribution in [3.05, 3.63) is 169 Å². The second-order valence-corrected chi connectivity index (χ2v) is 10.3. The lowest BCUT2D eigenvalue weighted by Crippen LogP contribution is -2.09. The molecule has 0 spiro atoms. The van der Waals surface area contributed by atoms with E-state index in [0.29, 0.717) is 0 Å². The summed E-state index contributed by atoms with van der Waals surface area (Å²) in [5, 5.41) is 0. The highest BCUT2D eigenvalue weighted by Gasteiger charge is 2.14. The summed E-state index contributed by atoms with van der Waals surface area (Å²) in [6, 6.07) is 54.2. The second-order valence-electron chi connectivity index (χ2n) is 10.3. The SMILES string of the molecule is COc1cccc(N(c2ccccc2)c2ccc(C=Cc3ccc(N(c4ccccc4)c4cccc(OC)c4)cc3)cc2)c1. The summed E-state index contributed by atoms with van der Waals surface area (Å²) in [6.45, 7) is 0. The minimum Gasteiger partial charge on any atom is -0.497 e. The van der Waals surface area contributed by atoms with E-state index in [4.69, 9.17) is 9.47 Å². The first-order valence-electron chi connectivity index (χ1n) is 14.6. The lowest BCUT2D eigenvalue weighted by atomic mass is 10.1. The van der Waals surface area contributed by atoms with Crippen LogP contribution in [0, 0.1) is 0 Å². The van der Waals surface area contributed by atoms with Crippen LogP contribution in [-0.4, -0.2) is 14.2 Å².